The van der Waals surface area contributed by atoms with Crippen LogP contribution in [0.5, 0.6) is 0 Å². The van der Waals surface area contributed by atoms with Crippen LogP contribution in [0.15, 0.2) is 17.3 Å². The monoisotopic (exact) mass is 199 g/mol. The lowest BCUT2D eigenvalue weighted by Crippen LogP contribution is -2.15. The van der Waals surface area contributed by atoms with Crippen molar-refractivity contribution in [1.29, 1.82) is 0 Å². The Balaban J connectivity index is 2.73. The van der Waals surface area contributed by atoms with Gasteiger partial charge in [-0.1, -0.05) is 5.16 Å². The van der Waals surface area contributed by atoms with Gasteiger partial charge in [-0.15, -0.1) is 11.3 Å². The van der Waals surface area contributed by atoms with Gasteiger partial charge in [0.15, 0.2) is 5.71 Å². The number of aryl methyl sites for hydroxylation is 1. The maximum atomic E-state index is 10.5. The zero-order valence-electron chi connectivity index (χ0n) is 7.02. The summed E-state index contributed by atoms with van der Waals surface area (Å²) in [7, 11) is 0. The zero-order chi connectivity index (χ0) is 9.84. The Morgan fingerprint density at radius 1 is 1.62 bits per heavy atom. The summed E-state index contributed by atoms with van der Waals surface area (Å²) < 4.78 is 0. The van der Waals surface area contributed by atoms with E-state index in [9.17, 15) is 4.79 Å². The molecule has 4 nitrogen and oxygen atoms in total. The predicted molar refractivity (Wildman–Crippen MR) is 49.6 cm³/mol. The molecule has 0 aromatic carbocycles. The number of rotatable bonds is 3. The number of thiophene rings is 1. The van der Waals surface area contributed by atoms with Crippen LogP contribution >= 0.6 is 11.3 Å². The van der Waals surface area contributed by atoms with E-state index in [0.717, 1.165) is 9.75 Å². The Bertz CT molecular complexity index is 343. The number of hydrogen-bond acceptors (Lipinski definition) is 4. The van der Waals surface area contributed by atoms with Crippen LogP contribution in [0, 0.1) is 6.92 Å². The number of carboxylic acid groups (broad SMARTS) is 1. The molecule has 0 aliphatic carbocycles. The molecule has 0 bridgehead atoms. The quantitative estimate of drug-likeness (QED) is 0.440. The number of carbonyl (C=O) groups is 1. The van der Waals surface area contributed by atoms with Crippen molar-refractivity contribution in [3.8, 4) is 0 Å². The highest BCUT2D eigenvalue weighted by molar-refractivity contribution is 7.12. The molecule has 2 N–H and O–H groups in total. The second kappa shape index (κ2) is 4.04. The van der Waals surface area contributed by atoms with Crippen molar-refractivity contribution in [2.75, 3.05) is 0 Å². The average molecular weight is 199 g/mol. The van der Waals surface area contributed by atoms with Crippen molar-refractivity contribution in [1.82, 2.24) is 0 Å². The van der Waals surface area contributed by atoms with Crippen molar-refractivity contribution < 1.29 is 15.1 Å². The molecule has 0 saturated heterocycles. The van der Waals surface area contributed by atoms with E-state index in [2.05, 4.69) is 5.16 Å². The molecular formula is C8H9NO3S. The number of hydrogen-bond donors (Lipinski definition) is 2. The first-order valence-corrected chi connectivity index (χ1v) is 4.44. The summed E-state index contributed by atoms with van der Waals surface area (Å²) in [5.74, 6) is -1.19. The smallest absolute Gasteiger partial charge is 0.354 e. The Morgan fingerprint density at radius 2 is 2.31 bits per heavy atom. The van der Waals surface area contributed by atoms with Crippen LogP contribution in [0.3, 0.4) is 0 Å². The van der Waals surface area contributed by atoms with Gasteiger partial charge in [-0.2, -0.15) is 0 Å². The molecule has 0 radical (unpaired) electrons. The number of nitrogens with zero attached hydrogens (tertiary/aromatic N) is 1. The van der Waals surface area contributed by atoms with E-state index in [0.29, 0.717) is 0 Å². The minimum atomic E-state index is -1.19. The predicted octanol–water partition coefficient (Wildman–Crippen LogP) is 1.51. The maximum absolute atomic E-state index is 10.5. The largest absolute Gasteiger partial charge is 0.477 e. The zero-order valence-corrected chi connectivity index (χ0v) is 7.84. The van der Waals surface area contributed by atoms with Crippen molar-refractivity contribution in [2.45, 2.75) is 13.3 Å². The van der Waals surface area contributed by atoms with Crippen LogP contribution in [0.2, 0.25) is 0 Å². The van der Waals surface area contributed by atoms with Gasteiger partial charge in [0.2, 0.25) is 0 Å². The van der Waals surface area contributed by atoms with E-state index in [4.69, 9.17) is 10.3 Å². The van der Waals surface area contributed by atoms with Crippen molar-refractivity contribution in [3.63, 3.8) is 0 Å². The standard InChI is InChI=1S/C8H9NO3S/c1-5-2-3-6(13-5)4-7(9-12)8(10)11/h2-3,12H,4H2,1H3,(H,10,11)/b9-7-. The molecule has 0 amide bonds. The molecule has 1 heterocycles. The summed E-state index contributed by atoms with van der Waals surface area (Å²) in [4.78, 5) is 12.4. The van der Waals surface area contributed by atoms with E-state index < -0.39 is 5.97 Å². The topological polar surface area (TPSA) is 69.9 Å². The second-order valence-corrected chi connectivity index (χ2v) is 3.91. The van der Waals surface area contributed by atoms with Gasteiger partial charge < -0.3 is 10.3 Å². The fourth-order valence-electron chi connectivity index (χ4n) is 0.899. The summed E-state index contributed by atoms with van der Waals surface area (Å²) in [6, 6.07) is 3.73. The molecule has 0 aliphatic heterocycles. The first-order chi connectivity index (χ1) is 6.13. The molecule has 13 heavy (non-hydrogen) atoms. The molecule has 0 spiro atoms. The highest BCUT2D eigenvalue weighted by atomic mass is 32.1. The molecule has 1 aromatic heterocycles. The third-order valence-corrected chi connectivity index (χ3v) is 2.51. The lowest BCUT2D eigenvalue weighted by molar-refractivity contribution is -0.129. The molecule has 70 valence electrons. The Labute approximate surface area is 79.1 Å². The van der Waals surface area contributed by atoms with Gasteiger partial charge in [0.25, 0.3) is 0 Å². The SMILES string of the molecule is Cc1ccc(C/C(=N/O)C(=O)O)s1. The number of aliphatic carboxylic acids is 1. The number of oxime groups is 1. The fourth-order valence-corrected chi connectivity index (χ4v) is 1.79. The van der Waals surface area contributed by atoms with Gasteiger partial charge in [-0.25, -0.2) is 4.79 Å². The molecule has 0 saturated carbocycles. The van der Waals surface area contributed by atoms with E-state index in [1.54, 1.807) is 0 Å². The molecule has 0 aliphatic rings. The highest BCUT2D eigenvalue weighted by Gasteiger charge is 2.11. The van der Waals surface area contributed by atoms with Gasteiger partial charge >= 0.3 is 5.97 Å². The normalized spacial score (nSPS) is 11.6. The summed E-state index contributed by atoms with van der Waals surface area (Å²) in [6.07, 6.45) is 0.171. The van der Waals surface area contributed by atoms with Crippen LogP contribution in [0.25, 0.3) is 0 Å². The summed E-state index contributed by atoms with van der Waals surface area (Å²) in [6.45, 7) is 1.94. The van der Waals surface area contributed by atoms with Crippen LogP contribution < -0.4 is 0 Å². The first kappa shape index (κ1) is 9.73. The van der Waals surface area contributed by atoms with Gasteiger partial charge in [0, 0.05) is 16.2 Å². The molecule has 1 rings (SSSR count). The molecule has 5 heteroatoms. The minimum Gasteiger partial charge on any atom is -0.477 e. The van der Waals surface area contributed by atoms with E-state index in [1.807, 2.05) is 19.1 Å². The highest BCUT2D eigenvalue weighted by Crippen LogP contribution is 2.15. The number of carboxylic acids is 1. The lowest BCUT2D eigenvalue weighted by Gasteiger charge is -1.94. The summed E-state index contributed by atoms with van der Waals surface area (Å²) in [5, 5.41) is 19.6. The van der Waals surface area contributed by atoms with Crippen molar-refractivity contribution in [2.24, 2.45) is 5.16 Å². The Hall–Kier alpha value is -1.36. The van der Waals surface area contributed by atoms with Crippen LogP contribution in [0.4, 0.5) is 0 Å². The van der Waals surface area contributed by atoms with Crippen molar-refractivity contribution in [3.05, 3.63) is 21.9 Å². The third kappa shape index (κ3) is 2.55. The third-order valence-electron chi connectivity index (χ3n) is 1.51. The molecule has 0 atom stereocenters. The summed E-state index contributed by atoms with van der Waals surface area (Å²) in [5.41, 5.74) is -0.234. The minimum absolute atomic E-state index is 0.171. The van der Waals surface area contributed by atoms with E-state index in [1.165, 1.54) is 11.3 Å². The second-order valence-electron chi connectivity index (χ2n) is 2.54. The lowest BCUT2D eigenvalue weighted by atomic mass is 10.2. The van der Waals surface area contributed by atoms with Gasteiger partial charge in [0.1, 0.15) is 0 Å². The van der Waals surface area contributed by atoms with Gasteiger partial charge in [-0.05, 0) is 19.1 Å². The van der Waals surface area contributed by atoms with Crippen LogP contribution in [0.1, 0.15) is 9.75 Å². The molecule has 0 unspecified atom stereocenters. The first-order valence-electron chi connectivity index (χ1n) is 3.63. The van der Waals surface area contributed by atoms with Gasteiger partial charge in [0.05, 0.1) is 0 Å². The molecule has 1 aromatic rings. The molecule has 0 fully saturated rings. The van der Waals surface area contributed by atoms with Crippen molar-refractivity contribution >= 4 is 23.0 Å². The fraction of sp³-hybridized carbons (Fsp3) is 0.250. The van der Waals surface area contributed by atoms with Crippen LogP contribution in [-0.4, -0.2) is 22.0 Å². The Morgan fingerprint density at radius 3 is 2.69 bits per heavy atom. The van der Waals surface area contributed by atoms with Crippen LogP contribution in [-0.2, 0) is 11.2 Å². The van der Waals surface area contributed by atoms with Gasteiger partial charge in [-0.3, -0.25) is 0 Å². The maximum Gasteiger partial charge on any atom is 0.354 e. The average Bonchev–Trinajstić information content (AvgIpc) is 2.46. The molecular weight excluding hydrogens is 190 g/mol. The Kier molecular flexibility index (Phi) is 3.02. The van der Waals surface area contributed by atoms with E-state index >= 15 is 0 Å². The summed E-state index contributed by atoms with van der Waals surface area (Å²) >= 11 is 1.49. The van der Waals surface area contributed by atoms with E-state index in [-0.39, 0.29) is 12.1 Å².